The van der Waals surface area contributed by atoms with Crippen molar-refractivity contribution in [1.82, 2.24) is 29.9 Å². The highest BCUT2D eigenvalue weighted by molar-refractivity contribution is 7.13. The van der Waals surface area contributed by atoms with Gasteiger partial charge in [0.2, 0.25) is 0 Å². The van der Waals surface area contributed by atoms with E-state index in [9.17, 15) is 0 Å². The SMILES string of the molecule is Cc1n[nH]c(C)c1-c1cc(-c2nccs2)c2c(C)n(C)nc2n1. The molecule has 6 nitrogen and oxygen atoms in total. The molecule has 0 unspecified atom stereocenters. The molecule has 4 heterocycles. The van der Waals surface area contributed by atoms with Crippen molar-refractivity contribution in [3.8, 4) is 21.8 Å². The molecule has 0 radical (unpaired) electrons. The Morgan fingerprint density at radius 3 is 2.70 bits per heavy atom. The fourth-order valence-corrected chi connectivity index (χ4v) is 3.58. The molecule has 0 spiro atoms. The second kappa shape index (κ2) is 4.99. The van der Waals surface area contributed by atoms with Crippen molar-refractivity contribution in [1.29, 1.82) is 0 Å². The Morgan fingerprint density at radius 1 is 1.22 bits per heavy atom. The van der Waals surface area contributed by atoms with Crippen molar-refractivity contribution in [3.63, 3.8) is 0 Å². The minimum Gasteiger partial charge on any atom is -0.282 e. The lowest BCUT2D eigenvalue weighted by atomic mass is 10.0. The van der Waals surface area contributed by atoms with Crippen LogP contribution in [-0.4, -0.2) is 29.9 Å². The van der Waals surface area contributed by atoms with Gasteiger partial charge in [0.1, 0.15) is 5.01 Å². The van der Waals surface area contributed by atoms with Gasteiger partial charge < -0.3 is 0 Å². The van der Waals surface area contributed by atoms with Crippen LogP contribution in [0.25, 0.3) is 32.9 Å². The summed E-state index contributed by atoms with van der Waals surface area (Å²) in [6.07, 6.45) is 1.83. The summed E-state index contributed by atoms with van der Waals surface area (Å²) in [6.45, 7) is 6.05. The first-order chi connectivity index (χ1) is 11.1. The van der Waals surface area contributed by atoms with E-state index < -0.39 is 0 Å². The molecular weight excluding hydrogens is 308 g/mol. The molecule has 0 aliphatic heterocycles. The van der Waals surface area contributed by atoms with E-state index >= 15 is 0 Å². The van der Waals surface area contributed by atoms with Crippen molar-refractivity contribution in [3.05, 3.63) is 34.7 Å². The van der Waals surface area contributed by atoms with Crippen LogP contribution in [0.15, 0.2) is 17.6 Å². The maximum atomic E-state index is 4.78. The second-order valence-electron chi connectivity index (χ2n) is 5.61. The molecule has 116 valence electrons. The summed E-state index contributed by atoms with van der Waals surface area (Å²) in [7, 11) is 1.94. The lowest BCUT2D eigenvalue weighted by Gasteiger charge is -2.06. The van der Waals surface area contributed by atoms with Gasteiger partial charge in [0.15, 0.2) is 5.65 Å². The van der Waals surface area contributed by atoms with Crippen LogP contribution in [0.2, 0.25) is 0 Å². The lowest BCUT2D eigenvalue weighted by molar-refractivity contribution is 0.748. The highest BCUT2D eigenvalue weighted by Gasteiger charge is 2.19. The Morgan fingerprint density at radius 2 is 2.04 bits per heavy atom. The molecule has 4 aromatic heterocycles. The highest BCUT2D eigenvalue weighted by atomic mass is 32.1. The summed E-state index contributed by atoms with van der Waals surface area (Å²) in [5, 5.41) is 15.9. The molecule has 0 aromatic carbocycles. The fraction of sp³-hybridized carbons (Fsp3) is 0.250. The number of nitrogens with zero attached hydrogens (tertiary/aromatic N) is 5. The largest absolute Gasteiger partial charge is 0.282 e. The quantitative estimate of drug-likeness (QED) is 0.613. The van der Waals surface area contributed by atoms with Crippen molar-refractivity contribution < 1.29 is 0 Å². The zero-order chi connectivity index (χ0) is 16.1. The zero-order valence-corrected chi connectivity index (χ0v) is 14.2. The van der Waals surface area contributed by atoms with Gasteiger partial charge in [-0.1, -0.05) is 0 Å². The highest BCUT2D eigenvalue weighted by Crippen LogP contribution is 2.35. The minimum absolute atomic E-state index is 0.743. The van der Waals surface area contributed by atoms with Gasteiger partial charge in [0.05, 0.1) is 16.8 Å². The van der Waals surface area contributed by atoms with Gasteiger partial charge in [-0.25, -0.2) is 9.97 Å². The van der Waals surface area contributed by atoms with Crippen molar-refractivity contribution >= 4 is 22.4 Å². The molecule has 0 aliphatic rings. The number of aromatic amines is 1. The number of nitrogens with one attached hydrogen (secondary N) is 1. The molecule has 0 saturated heterocycles. The van der Waals surface area contributed by atoms with Crippen molar-refractivity contribution in [2.45, 2.75) is 20.8 Å². The summed E-state index contributed by atoms with van der Waals surface area (Å²) in [6, 6.07) is 2.10. The molecule has 4 rings (SSSR count). The maximum Gasteiger partial charge on any atom is 0.182 e. The van der Waals surface area contributed by atoms with Gasteiger partial charge in [0.25, 0.3) is 0 Å². The molecule has 0 saturated carbocycles. The molecule has 0 amide bonds. The number of aromatic nitrogens is 6. The molecular formula is C16H16N6S. The number of hydrogen-bond donors (Lipinski definition) is 1. The van der Waals surface area contributed by atoms with Crippen LogP contribution in [0.1, 0.15) is 17.1 Å². The molecule has 1 N–H and O–H groups in total. The Labute approximate surface area is 137 Å². The molecule has 0 bridgehead atoms. The van der Waals surface area contributed by atoms with E-state index in [2.05, 4.69) is 33.3 Å². The van der Waals surface area contributed by atoms with Crippen LogP contribution in [0.4, 0.5) is 0 Å². The van der Waals surface area contributed by atoms with Crippen LogP contribution in [-0.2, 0) is 7.05 Å². The molecule has 0 fully saturated rings. The Kier molecular flexibility index (Phi) is 3.05. The molecule has 0 atom stereocenters. The first-order valence-electron chi connectivity index (χ1n) is 7.32. The van der Waals surface area contributed by atoms with E-state index in [1.165, 1.54) is 0 Å². The summed E-state index contributed by atoms with van der Waals surface area (Å²) in [5.41, 5.74) is 6.76. The van der Waals surface area contributed by atoms with E-state index in [0.717, 1.165) is 49.9 Å². The van der Waals surface area contributed by atoms with Crippen LogP contribution >= 0.6 is 11.3 Å². The molecule has 4 aromatic rings. The molecule has 7 heteroatoms. The predicted molar refractivity (Wildman–Crippen MR) is 91.4 cm³/mol. The van der Waals surface area contributed by atoms with Crippen LogP contribution in [0, 0.1) is 20.8 Å². The summed E-state index contributed by atoms with van der Waals surface area (Å²) in [4.78, 5) is 9.26. The predicted octanol–water partition coefficient (Wildman–Crippen LogP) is 3.41. The monoisotopic (exact) mass is 324 g/mol. The fourth-order valence-electron chi connectivity index (χ4n) is 2.92. The van der Waals surface area contributed by atoms with E-state index in [0.29, 0.717) is 0 Å². The topological polar surface area (TPSA) is 72.3 Å². The zero-order valence-electron chi connectivity index (χ0n) is 13.4. The molecule has 23 heavy (non-hydrogen) atoms. The van der Waals surface area contributed by atoms with Crippen LogP contribution < -0.4 is 0 Å². The Hall–Kier alpha value is -2.54. The van der Waals surface area contributed by atoms with Gasteiger partial charge in [0, 0.05) is 41.1 Å². The lowest BCUT2D eigenvalue weighted by Crippen LogP contribution is -1.91. The average Bonchev–Trinajstić information content (AvgIpc) is 3.21. The number of aryl methyl sites for hydroxylation is 4. The van der Waals surface area contributed by atoms with Gasteiger partial charge in [-0.05, 0) is 26.8 Å². The Bertz CT molecular complexity index is 990. The summed E-state index contributed by atoms with van der Waals surface area (Å²) in [5.74, 6) is 0. The molecule has 0 aliphatic carbocycles. The smallest absolute Gasteiger partial charge is 0.182 e. The summed E-state index contributed by atoms with van der Waals surface area (Å²) < 4.78 is 1.87. The van der Waals surface area contributed by atoms with Gasteiger partial charge in [-0.3, -0.25) is 9.78 Å². The second-order valence-corrected chi connectivity index (χ2v) is 6.50. The first-order valence-corrected chi connectivity index (χ1v) is 8.20. The first kappa shape index (κ1) is 14.1. The van der Waals surface area contributed by atoms with Gasteiger partial charge >= 0.3 is 0 Å². The standard InChI is InChI=1S/C16H16N6S/c1-8-13(9(2)20-19-8)12-7-11(16-17-5-6-23-16)14-10(3)22(4)21-15(14)18-12/h5-7H,1-4H3,(H,19,20). The average molecular weight is 324 g/mol. The van der Waals surface area contributed by atoms with Gasteiger partial charge in [-0.15, -0.1) is 11.3 Å². The third-order valence-electron chi connectivity index (χ3n) is 4.14. The number of pyridine rings is 1. The summed E-state index contributed by atoms with van der Waals surface area (Å²) >= 11 is 1.62. The number of thiazole rings is 1. The third kappa shape index (κ3) is 2.08. The number of H-pyrrole nitrogens is 1. The number of rotatable bonds is 2. The number of hydrogen-bond acceptors (Lipinski definition) is 5. The van der Waals surface area contributed by atoms with E-state index in [1.54, 1.807) is 11.3 Å². The van der Waals surface area contributed by atoms with Crippen LogP contribution in [0.3, 0.4) is 0 Å². The van der Waals surface area contributed by atoms with Crippen molar-refractivity contribution in [2.24, 2.45) is 7.05 Å². The van der Waals surface area contributed by atoms with E-state index in [1.807, 2.05) is 37.2 Å². The van der Waals surface area contributed by atoms with E-state index in [4.69, 9.17) is 4.98 Å². The van der Waals surface area contributed by atoms with E-state index in [-0.39, 0.29) is 0 Å². The van der Waals surface area contributed by atoms with Crippen LogP contribution in [0.5, 0.6) is 0 Å². The van der Waals surface area contributed by atoms with Crippen molar-refractivity contribution in [2.75, 3.05) is 0 Å². The normalized spacial score (nSPS) is 11.5. The minimum atomic E-state index is 0.743. The Balaban J connectivity index is 2.09. The third-order valence-corrected chi connectivity index (χ3v) is 4.95. The van der Waals surface area contributed by atoms with Gasteiger partial charge in [-0.2, -0.15) is 10.2 Å². The maximum absolute atomic E-state index is 4.78. The number of fused-ring (bicyclic) bond motifs is 1.